The van der Waals surface area contributed by atoms with Crippen LogP contribution in [0.2, 0.25) is 0 Å². The third kappa shape index (κ3) is 1.65. The lowest BCUT2D eigenvalue weighted by atomic mass is 10.5. The molecule has 45 valence electrons. The lowest BCUT2D eigenvalue weighted by Gasteiger charge is -1.92. The van der Waals surface area contributed by atoms with E-state index in [4.69, 9.17) is 0 Å². The molecule has 0 bridgehead atoms. The van der Waals surface area contributed by atoms with Crippen molar-refractivity contribution in [3.8, 4) is 0 Å². The van der Waals surface area contributed by atoms with Crippen LogP contribution in [0.15, 0.2) is 18.3 Å². The predicted molar refractivity (Wildman–Crippen MR) is 37.7 cm³/mol. The van der Waals surface area contributed by atoms with Crippen molar-refractivity contribution >= 4 is 31.1 Å². The van der Waals surface area contributed by atoms with Crippen LogP contribution >= 0.6 is 0 Å². The molecule has 9 heavy (non-hydrogen) atoms. The van der Waals surface area contributed by atoms with Crippen LogP contribution in [0.4, 0.5) is 5.82 Å². The summed E-state index contributed by atoms with van der Waals surface area (Å²) in [5.41, 5.74) is 0. The van der Waals surface area contributed by atoms with Gasteiger partial charge in [0.05, 0.1) is 6.07 Å². The normalized spacial score (nSPS) is 8.89. The molecule has 0 fully saturated rings. The Balaban J connectivity index is 2.98. The smallest absolute Gasteiger partial charge is 0.277 e. The minimum absolute atomic E-state index is 0.502. The van der Waals surface area contributed by atoms with E-state index in [9.17, 15) is 0 Å². The molecular weight excluding hydrogens is 152 g/mol. The van der Waals surface area contributed by atoms with Gasteiger partial charge in [-0.3, -0.25) is 3.35 Å². The Bertz CT molecular complexity index is 209. The van der Waals surface area contributed by atoms with E-state index in [0.29, 0.717) is 5.82 Å². The fourth-order valence-electron chi connectivity index (χ4n) is 0.416. The molecule has 0 saturated carbocycles. The van der Waals surface area contributed by atoms with Crippen LogP contribution in [0.25, 0.3) is 0 Å². The Labute approximate surface area is 64.2 Å². The first-order chi connectivity index (χ1) is 4.30. The summed E-state index contributed by atoms with van der Waals surface area (Å²) in [7, 11) is 0. The molecule has 0 atom stereocenters. The van der Waals surface area contributed by atoms with Crippen molar-refractivity contribution in [1.82, 2.24) is 4.98 Å². The van der Waals surface area contributed by atoms with E-state index in [2.05, 4.69) is 36.3 Å². The van der Waals surface area contributed by atoms with Gasteiger partial charge >= 0.3 is 5.82 Å². The number of nitrogens with zero attached hydrogens (tertiary/aromatic N) is 2. The number of aromatic nitrogens is 1. The lowest BCUT2D eigenvalue weighted by Crippen LogP contribution is -1.89. The second-order valence-corrected chi connectivity index (χ2v) is 2.32. The van der Waals surface area contributed by atoms with Gasteiger partial charge in [-0.2, -0.15) is 0 Å². The summed E-state index contributed by atoms with van der Waals surface area (Å²) in [6, 6.07) is 6.25. The van der Waals surface area contributed by atoms with E-state index in [0.717, 1.165) is 3.35 Å². The van der Waals surface area contributed by atoms with E-state index in [1.807, 2.05) is 0 Å². The minimum atomic E-state index is 0.502. The van der Waals surface area contributed by atoms with Crippen molar-refractivity contribution in [1.29, 1.82) is 0 Å². The second-order valence-electron chi connectivity index (χ2n) is 1.36. The van der Waals surface area contributed by atoms with Crippen molar-refractivity contribution in [3.63, 3.8) is 0 Å². The third-order valence-electron chi connectivity index (χ3n) is 0.764. The van der Waals surface area contributed by atoms with E-state index in [1.165, 1.54) is 0 Å². The number of hydrogen-bond acceptors (Lipinski definition) is 3. The van der Waals surface area contributed by atoms with E-state index < -0.39 is 0 Å². The van der Waals surface area contributed by atoms with Gasteiger partial charge in [0.25, 0.3) is 0 Å². The van der Waals surface area contributed by atoms with Gasteiger partial charge in [0.1, 0.15) is 6.20 Å². The molecule has 0 unspecified atom stereocenters. The summed E-state index contributed by atoms with van der Waals surface area (Å²) in [6.45, 7) is 0. The molecule has 4 heteroatoms. The first-order valence-corrected chi connectivity index (χ1v) is 3.01. The van der Waals surface area contributed by atoms with Crippen molar-refractivity contribution in [3.05, 3.63) is 24.4 Å². The standard InChI is InChI=1S/C5H3N2S2/c8-7(9)5-3-1-2-4-6-5/h1-2,4H. The summed E-state index contributed by atoms with van der Waals surface area (Å²) in [5.74, 6) is 0.502. The SMILES string of the molecule is S=[N+]([S-])c1[c]cccn1. The van der Waals surface area contributed by atoms with Crippen molar-refractivity contribution in [2.45, 2.75) is 0 Å². The summed E-state index contributed by atoms with van der Waals surface area (Å²) < 4.78 is 1.08. The topological polar surface area (TPSA) is 15.9 Å². The van der Waals surface area contributed by atoms with Gasteiger partial charge < -0.3 is 0 Å². The monoisotopic (exact) mass is 155 g/mol. The zero-order valence-electron chi connectivity index (χ0n) is 4.44. The molecule has 0 spiro atoms. The Morgan fingerprint density at radius 1 is 1.78 bits per heavy atom. The van der Waals surface area contributed by atoms with Crippen LogP contribution in [0.5, 0.6) is 0 Å². The molecule has 1 radical (unpaired) electrons. The molecule has 0 N–H and O–H groups in total. The van der Waals surface area contributed by atoms with E-state index >= 15 is 0 Å². The van der Waals surface area contributed by atoms with Crippen molar-refractivity contribution in [2.24, 2.45) is 0 Å². The highest BCUT2D eigenvalue weighted by molar-refractivity contribution is 7.58. The Kier molecular flexibility index (Phi) is 2.02. The molecule has 1 aromatic rings. The fraction of sp³-hybridized carbons (Fsp3) is 0. The van der Waals surface area contributed by atoms with Crippen LogP contribution < -0.4 is 0 Å². The molecule has 0 amide bonds. The largest absolute Gasteiger partial charge is 0.323 e. The number of rotatable bonds is 1. The minimum Gasteiger partial charge on any atom is -0.277 e. The van der Waals surface area contributed by atoms with Gasteiger partial charge in [-0.05, 0) is 17.1 Å². The van der Waals surface area contributed by atoms with Gasteiger partial charge in [-0.15, -0.1) is 0 Å². The fourth-order valence-corrected chi connectivity index (χ4v) is 0.616. The zero-order chi connectivity index (χ0) is 6.69. The average molecular weight is 155 g/mol. The zero-order valence-corrected chi connectivity index (χ0v) is 6.08. The average Bonchev–Trinajstić information content (AvgIpc) is 1.90. The van der Waals surface area contributed by atoms with Gasteiger partial charge in [0.15, 0.2) is 0 Å². The highest BCUT2D eigenvalue weighted by Crippen LogP contribution is 2.00. The lowest BCUT2D eigenvalue weighted by molar-refractivity contribution is -0.203. The molecule has 2 nitrogen and oxygen atoms in total. The third-order valence-corrected chi connectivity index (χ3v) is 1.11. The molecule has 1 aromatic heterocycles. The summed E-state index contributed by atoms with van der Waals surface area (Å²) in [5, 5.41) is 0. The summed E-state index contributed by atoms with van der Waals surface area (Å²) >= 11 is 9.20. The Morgan fingerprint density at radius 3 is 2.89 bits per heavy atom. The van der Waals surface area contributed by atoms with Crippen LogP contribution in [0.1, 0.15) is 0 Å². The number of hydrogen-bond donors (Lipinski definition) is 0. The van der Waals surface area contributed by atoms with Crippen LogP contribution in [0.3, 0.4) is 0 Å². The quantitative estimate of drug-likeness (QED) is 0.439. The molecule has 0 saturated heterocycles. The molecule has 0 aliphatic carbocycles. The molecule has 1 heterocycles. The highest BCUT2D eigenvalue weighted by atomic mass is 32.2. The van der Waals surface area contributed by atoms with E-state index in [-0.39, 0.29) is 0 Å². The van der Waals surface area contributed by atoms with Crippen molar-refractivity contribution in [2.75, 3.05) is 0 Å². The Morgan fingerprint density at radius 2 is 2.56 bits per heavy atom. The number of pyridine rings is 1. The Hall–Kier alpha value is -0.610. The molecule has 0 aromatic carbocycles. The first kappa shape index (κ1) is 6.51. The maximum atomic E-state index is 4.60. The van der Waals surface area contributed by atoms with Gasteiger partial charge in [0.2, 0.25) is 0 Å². The van der Waals surface area contributed by atoms with E-state index in [1.54, 1.807) is 18.3 Å². The first-order valence-electron chi connectivity index (χ1n) is 2.28. The van der Waals surface area contributed by atoms with Gasteiger partial charge in [-0.1, -0.05) is 0 Å². The predicted octanol–water partition coefficient (Wildman–Crippen LogP) is 0.718. The van der Waals surface area contributed by atoms with Gasteiger partial charge in [-0.25, -0.2) is 25.2 Å². The molecule has 0 aliphatic heterocycles. The van der Waals surface area contributed by atoms with Gasteiger partial charge in [0, 0.05) is 0 Å². The summed E-state index contributed by atoms with van der Waals surface area (Å²) in [4.78, 5) is 3.84. The molecular formula is C5H3N2S2. The van der Waals surface area contributed by atoms with Crippen molar-refractivity contribution < 1.29 is 3.35 Å². The van der Waals surface area contributed by atoms with Crippen LogP contribution in [-0.2, 0) is 25.2 Å². The van der Waals surface area contributed by atoms with Crippen LogP contribution in [0, 0.1) is 6.07 Å². The van der Waals surface area contributed by atoms with Crippen LogP contribution in [-0.4, -0.2) is 8.34 Å². The highest BCUT2D eigenvalue weighted by Gasteiger charge is 1.95. The second kappa shape index (κ2) is 2.80. The molecule has 0 aliphatic rings. The maximum Gasteiger partial charge on any atom is 0.323 e. The summed E-state index contributed by atoms with van der Waals surface area (Å²) in [6.07, 6.45) is 1.62. The maximum absolute atomic E-state index is 4.60. The molecule has 1 rings (SSSR count).